The monoisotopic (exact) mass is 1870 g/mol. The number of rotatable bonds is 24. The van der Waals surface area contributed by atoms with Gasteiger partial charge in [-0.05, 0) is 102 Å². The van der Waals surface area contributed by atoms with Crippen LogP contribution in [0.2, 0.25) is 0 Å². The molecule has 9 rings (SSSR count). The van der Waals surface area contributed by atoms with Crippen LogP contribution in [0.3, 0.4) is 0 Å². The summed E-state index contributed by atoms with van der Waals surface area (Å²) in [5.41, 5.74) is 13.9. The Morgan fingerprint density at radius 2 is 1.04 bits per heavy atom. The van der Waals surface area contributed by atoms with Crippen molar-refractivity contribution >= 4 is 117 Å². The molecule has 3 aliphatic heterocycles. The summed E-state index contributed by atoms with van der Waals surface area (Å²) in [5, 5.41) is 67.9. The summed E-state index contributed by atoms with van der Waals surface area (Å²) in [6.45, 7) is 6.46. The number of halogens is 2. The minimum absolute atomic E-state index is 0.0251. The number of carboxylic acid groups (broad SMARTS) is 1. The number of fused-ring (bicyclic) bond motifs is 3. The first-order valence-electron chi connectivity index (χ1n) is 44.3. The number of aliphatic hydroxyl groups excluding tert-OH is 2. The number of benzene rings is 5. The third-order valence-electron chi connectivity index (χ3n) is 23.7. The number of aliphatic carboxylic acids is 1. The SMILES string of the molecule is CCCC[C@H]1C(=O)N2C[C@H](O)C[C@@H]2C(=O)N[C@@H](CC(=O)O)C(=O)N[C@@H](C(C)C)C(=O)N(C)[C@@H](Cc2ccccc2)C(=O)N[C@@H](CCCN)C(=O)N2C[C@H](O)C[C@@H]2C(=O)N[C@@H](Cc2c[nH]c3ccccc23)C(=O)N[C@@H](Cc2ccc(O)cc2)C(=O)N[C@H](CC(C)C)C(=O)N[C@H](C(=O)NCC(N)=O)CSCC(=O)N[C@H](Cc2ccc(F)c(F)c2)C(=O)N(C)[C@@H](Cc2ccccc2)C(=O)N1C. The first kappa shape index (κ1) is 104. The second kappa shape index (κ2) is 49.0. The molecule has 0 bridgehead atoms. The van der Waals surface area contributed by atoms with Crippen LogP contribution in [0.15, 0.2) is 134 Å². The number of carbonyl (C=O) groups excluding carboxylic acids is 15. The lowest BCUT2D eigenvalue weighted by molar-refractivity contribution is -0.152. The lowest BCUT2D eigenvalue weighted by Gasteiger charge is -2.38. The van der Waals surface area contributed by atoms with Crippen LogP contribution in [0, 0.1) is 23.5 Å². The first-order valence-corrected chi connectivity index (χ1v) is 45.5. The van der Waals surface area contributed by atoms with Gasteiger partial charge >= 0.3 is 5.97 Å². The van der Waals surface area contributed by atoms with E-state index in [2.05, 4.69) is 52.8 Å². The van der Waals surface area contributed by atoms with Crippen LogP contribution in [-0.2, 0) is 109 Å². The van der Waals surface area contributed by atoms with Crippen LogP contribution in [0.4, 0.5) is 8.78 Å². The van der Waals surface area contributed by atoms with E-state index in [-0.39, 0.29) is 75.6 Å². The average molecular weight is 1870 g/mol. The number of aliphatic hydroxyl groups is 2. The molecule has 6 aromatic rings. The maximum atomic E-state index is 15.7. The highest BCUT2D eigenvalue weighted by Gasteiger charge is 2.48. The van der Waals surface area contributed by atoms with E-state index < -0.39 is 266 Å². The molecule has 3 aliphatic rings. The number of aromatic nitrogens is 1. The van der Waals surface area contributed by atoms with Gasteiger partial charge in [-0.25, -0.2) is 8.78 Å². The smallest absolute Gasteiger partial charge is 0.305 e. The van der Waals surface area contributed by atoms with Gasteiger partial charge < -0.3 is 109 Å². The van der Waals surface area contributed by atoms with Crippen LogP contribution in [0.5, 0.6) is 5.75 Å². The number of para-hydroxylation sites is 1. The van der Waals surface area contributed by atoms with E-state index in [9.17, 15) is 53.6 Å². The number of primary amides is 1. The number of aromatic hydroxyl groups is 1. The fraction of sp³-hybridized carbons (Fsp3) is 0.484. The minimum Gasteiger partial charge on any atom is -0.508 e. The molecule has 0 radical (unpaired) electrons. The highest BCUT2D eigenvalue weighted by Crippen LogP contribution is 2.29. The third kappa shape index (κ3) is 29.0. The number of amides is 15. The maximum absolute atomic E-state index is 15.7. The number of carboxylic acids is 1. The lowest BCUT2D eigenvalue weighted by Crippen LogP contribution is -2.62. The van der Waals surface area contributed by atoms with Gasteiger partial charge in [-0.2, -0.15) is 0 Å². The Balaban J connectivity index is 1.14. The number of nitrogens with two attached hydrogens (primary N) is 2. The topological polar surface area (TPSA) is 546 Å². The number of nitrogens with one attached hydrogen (secondary N) is 10. The molecule has 40 heteroatoms. The van der Waals surface area contributed by atoms with Crippen molar-refractivity contribution in [2.45, 2.75) is 215 Å². The van der Waals surface area contributed by atoms with E-state index in [4.69, 9.17) is 11.5 Å². The van der Waals surface area contributed by atoms with Gasteiger partial charge in [0.1, 0.15) is 84.3 Å². The Labute approximate surface area is 772 Å². The summed E-state index contributed by atoms with van der Waals surface area (Å²) in [4.78, 5) is 246. The molecule has 0 aliphatic carbocycles. The zero-order chi connectivity index (χ0) is 97.2. The van der Waals surface area contributed by atoms with Crippen molar-refractivity contribution < 1.29 is 106 Å². The lowest BCUT2D eigenvalue weighted by atomic mass is 9.98. The summed E-state index contributed by atoms with van der Waals surface area (Å²) in [5.74, 6) is -21.7. The summed E-state index contributed by atoms with van der Waals surface area (Å²) in [6, 6.07) is 10.6. The van der Waals surface area contributed by atoms with Gasteiger partial charge in [-0.1, -0.05) is 145 Å². The summed E-state index contributed by atoms with van der Waals surface area (Å²) >= 11 is 0.712. The molecule has 3 saturated heterocycles. The molecule has 0 saturated carbocycles. The van der Waals surface area contributed by atoms with E-state index in [1.807, 2.05) is 0 Å². The molecule has 5 aromatic carbocycles. The van der Waals surface area contributed by atoms with E-state index in [0.717, 1.165) is 42.7 Å². The molecule has 37 nitrogen and oxygen atoms in total. The van der Waals surface area contributed by atoms with Crippen LogP contribution >= 0.6 is 11.8 Å². The Morgan fingerprint density at radius 1 is 0.519 bits per heavy atom. The molecule has 15 atom stereocenters. The summed E-state index contributed by atoms with van der Waals surface area (Å²) < 4.78 is 29.8. The Bertz CT molecular complexity index is 5140. The molecule has 1 aromatic heterocycles. The van der Waals surface area contributed by atoms with Crippen molar-refractivity contribution in [3.63, 3.8) is 0 Å². The number of hydrogen-bond acceptors (Lipinski definition) is 21. The summed E-state index contributed by atoms with van der Waals surface area (Å²) in [6.07, 6.45) is -4.63. The Hall–Kier alpha value is -13.0. The van der Waals surface area contributed by atoms with Gasteiger partial charge in [0.15, 0.2) is 11.6 Å². The van der Waals surface area contributed by atoms with Gasteiger partial charge in [-0.15, -0.1) is 11.8 Å². The number of phenolic OH excluding ortho intramolecular Hbond substituents is 1. The highest BCUT2D eigenvalue weighted by molar-refractivity contribution is 8.00. The zero-order valence-electron chi connectivity index (χ0n) is 75.5. The van der Waals surface area contributed by atoms with Crippen molar-refractivity contribution in [1.29, 1.82) is 0 Å². The van der Waals surface area contributed by atoms with Gasteiger partial charge in [0.25, 0.3) is 0 Å². The van der Waals surface area contributed by atoms with Crippen molar-refractivity contribution in [3.8, 4) is 5.75 Å². The van der Waals surface area contributed by atoms with Crippen molar-refractivity contribution in [1.82, 2.24) is 77.3 Å². The van der Waals surface area contributed by atoms with Crippen molar-refractivity contribution in [3.05, 3.63) is 173 Å². The number of aromatic amines is 1. The number of likely N-dealkylation sites (N-methyl/N-ethyl adjacent to an activating group) is 3. The van der Waals surface area contributed by atoms with Crippen LogP contribution < -0.4 is 59.3 Å². The Morgan fingerprint density at radius 3 is 1.62 bits per heavy atom. The van der Waals surface area contributed by atoms with Crippen LogP contribution in [-0.4, -0.2) is 294 Å². The van der Waals surface area contributed by atoms with E-state index in [1.165, 1.54) is 59.3 Å². The molecule has 18 N–H and O–H groups in total. The number of unbranched alkanes of at least 4 members (excludes halogenated alkanes) is 1. The minimum atomic E-state index is -2.02. The molecular weight excluding hydrogens is 1750 g/mol. The van der Waals surface area contributed by atoms with Crippen LogP contribution in [0.1, 0.15) is 120 Å². The predicted molar refractivity (Wildman–Crippen MR) is 485 cm³/mol. The first-order chi connectivity index (χ1) is 63.2. The summed E-state index contributed by atoms with van der Waals surface area (Å²) in [7, 11) is 3.76. The third-order valence-corrected chi connectivity index (χ3v) is 24.7. The van der Waals surface area contributed by atoms with Gasteiger partial charge in [0, 0.05) is 102 Å². The molecule has 3 fully saturated rings. The number of phenols is 1. The number of nitrogens with zero attached hydrogens (tertiary/aromatic N) is 5. The number of carbonyl (C=O) groups is 16. The van der Waals surface area contributed by atoms with E-state index in [0.29, 0.717) is 51.3 Å². The maximum Gasteiger partial charge on any atom is 0.305 e. The highest BCUT2D eigenvalue weighted by atomic mass is 32.2. The molecule has 0 unspecified atom stereocenters. The molecule has 0 spiro atoms. The van der Waals surface area contributed by atoms with Crippen LogP contribution in [0.25, 0.3) is 10.9 Å². The number of thioether (sulfide) groups is 1. The predicted octanol–water partition coefficient (Wildman–Crippen LogP) is 0.402. The fourth-order valence-corrected chi connectivity index (χ4v) is 17.3. The second-order valence-corrected chi connectivity index (χ2v) is 35.7. The standard InChI is InChI=1S/C93H121F2N17O20S/c1-9-10-27-72-92(131)112-48-60(115)43-75(112)88(127)105-69(44-79(118)119)85(124)107-80(52(4)5)93(132)109(7)73(39-53-20-13-11-14-21-53)86(125)101-65(26-19-34-96)90(129)111-47-59(114)42-74(111)87(126)104-68(41-57-45-98-64-25-18-17-24-61(57)64)84(123)103-67(37-55-28-31-58(113)32-29-55)83(122)102-66(35-51(2)3)82(121)106-71(81(120)99-46-77(97)116)49-133-50-78(117)100-70(38-56-30-33-62(94)63(95)36-56)89(128)110(8)76(91(130)108(72)6)40-54-22-15-12-16-23-54/h11-18,20-25,28-33,36,45,51-52,59-60,65-76,80,98,113-115H,9-10,19,26-27,34-35,37-44,46-50,96H2,1-8H3,(H2,97,116)(H,99,120)(H,100,117)(H,101,125)(H,102,122)(H,103,123)(H,104,126)(H,105,127)(H,106,121)(H,107,124)(H,118,119)/t59-,60-,65+,66-,67+,68+,69+,70-,71+,72+,73+,74-,75-,76+,80+/m1/s1. The second-order valence-electron chi connectivity index (χ2n) is 34.7. The molecule has 4 heterocycles. The van der Waals surface area contributed by atoms with Crippen molar-refractivity contribution in [2.24, 2.45) is 23.3 Å². The quantitative estimate of drug-likeness (QED) is 0.0390. The van der Waals surface area contributed by atoms with E-state index in [1.54, 1.807) is 112 Å². The largest absolute Gasteiger partial charge is 0.508 e. The molecule has 133 heavy (non-hydrogen) atoms. The van der Waals surface area contributed by atoms with Gasteiger partial charge in [0.05, 0.1) is 30.9 Å². The van der Waals surface area contributed by atoms with Crippen molar-refractivity contribution in [2.75, 3.05) is 58.8 Å². The van der Waals surface area contributed by atoms with Gasteiger partial charge in [0.2, 0.25) is 88.6 Å². The molecule has 15 amide bonds. The normalized spacial score (nSPS) is 24.7. The average Bonchev–Trinajstić information content (AvgIpc) is 1.76. The van der Waals surface area contributed by atoms with E-state index >= 15 is 52.3 Å². The van der Waals surface area contributed by atoms with Gasteiger partial charge in [-0.3, -0.25) is 76.7 Å². The number of H-pyrrole nitrogens is 1. The Kier molecular flexibility index (Phi) is 38.2. The molecular formula is C93H121F2N17O20S. The zero-order valence-corrected chi connectivity index (χ0v) is 76.4. The molecule has 718 valence electrons. The fourth-order valence-electron chi connectivity index (χ4n) is 16.5. The number of hydrogen-bond donors (Lipinski definition) is 16.